The van der Waals surface area contributed by atoms with Crippen molar-refractivity contribution in [2.75, 3.05) is 13.2 Å². The molecule has 0 spiro atoms. The molecule has 2 aliphatic rings. The average Bonchev–Trinajstić information content (AvgIpc) is 2.45. The number of ether oxygens (including phenoxy) is 1. The highest BCUT2D eigenvalue weighted by molar-refractivity contribution is 5.79. The van der Waals surface area contributed by atoms with Crippen LogP contribution < -0.4 is 5.32 Å². The highest BCUT2D eigenvalue weighted by atomic mass is 16.5. The Labute approximate surface area is 58.2 Å². The number of hydrogen-bond donors (Lipinski definition) is 2. The maximum absolute atomic E-state index is 10.6. The third kappa shape index (κ3) is 0.602. The Morgan fingerprint density at radius 1 is 1.80 bits per heavy atom. The monoisotopic (exact) mass is 143 g/mol. The van der Waals surface area contributed by atoms with Crippen LogP contribution in [0.3, 0.4) is 0 Å². The lowest BCUT2D eigenvalue weighted by Crippen LogP contribution is -2.45. The lowest BCUT2D eigenvalue weighted by Gasteiger charge is -2.21. The summed E-state index contributed by atoms with van der Waals surface area (Å²) in [4.78, 5) is 10.6. The van der Waals surface area contributed by atoms with Crippen molar-refractivity contribution >= 4 is 5.97 Å². The molecule has 0 unspecified atom stereocenters. The van der Waals surface area contributed by atoms with Gasteiger partial charge in [-0.15, -0.1) is 0 Å². The second kappa shape index (κ2) is 1.71. The van der Waals surface area contributed by atoms with Gasteiger partial charge >= 0.3 is 5.97 Å². The molecule has 2 N–H and O–H groups in total. The number of carbonyl (C=O) groups is 1. The van der Waals surface area contributed by atoms with E-state index in [-0.39, 0.29) is 6.04 Å². The number of carboxylic acids is 1. The second-order valence-corrected chi connectivity index (χ2v) is 2.89. The van der Waals surface area contributed by atoms with Crippen LogP contribution in [0.1, 0.15) is 6.42 Å². The van der Waals surface area contributed by atoms with Gasteiger partial charge in [-0.05, 0) is 0 Å². The maximum Gasteiger partial charge on any atom is 0.337 e. The highest BCUT2D eigenvalue weighted by Gasteiger charge is 2.52. The van der Waals surface area contributed by atoms with Gasteiger partial charge < -0.3 is 15.2 Å². The smallest absolute Gasteiger partial charge is 0.337 e. The molecule has 2 heterocycles. The molecule has 10 heavy (non-hydrogen) atoms. The van der Waals surface area contributed by atoms with Crippen molar-refractivity contribution < 1.29 is 14.6 Å². The number of rotatable bonds is 1. The fourth-order valence-corrected chi connectivity index (χ4v) is 1.56. The molecule has 2 bridgehead atoms. The van der Waals surface area contributed by atoms with Gasteiger partial charge in [0.1, 0.15) is 0 Å². The largest absolute Gasteiger partial charge is 0.479 e. The van der Waals surface area contributed by atoms with Gasteiger partial charge in [0.15, 0.2) is 5.60 Å². The summed E-state index contributed by atoms with van der Waals surface area (Å²) in [5.74, 6) is -0.833. The Kier molecular flexibility index (Phi) is 1.04. The lowest BCUT2D eigenvalue weighted by atomic mass is 10.0. The van der Waals surface area contributed by atoms with Crippen molar-refractivity contribution in [3.8, 4) is 0 Å². The second-order valence-electron chi connectivity index (χ2n) is 2.89. The SMILES string of the molecule is O=C(O)[C@@]12CN[C@@H](CO1)C2. The fraction of sp³-hybridized carbons (Fsp3) is 0.833. The zero-order chi connectivity index (χ0) is 7.19. The number of hydrogen-bond acceptors (Lipinski definition) is 3. The van der Waals surface area contributed by atoms with Gasteiger partial charge in [-0.25, -0.2) is 4.79 Å². The Hall–Kier alpha value is -0.610. The topological polar surface area (TPSA) is 58.6 Å². The molecule has 0 aromatic heterocycles. The van der Waals surface area contributed by atoms with Gasteiger partial charge in [-0.3, -0.25) is 0 Å². The van der Waals surface area contributed by atoms with Gasteiger partial charge in [-0.1, -0.05) is 0 Å². The summed E-state index contributed by atoms with van der Waals surface area (Å²) in [6.07, 6.45) is 0.627. The van der Waals surface area contributed by atoms with Crippen molar-refractivity contribution in [2.24, 2.45) is 0 Å². The first-order chi connectivity index (χ1) is 4.73. The summed E-state index contributed by atoms with van der Waals surface area (Å²) in [7, 11) is 0. The van der Waals surface area contributed by atoms with Gasteiger partial charge in [0.05, 0.1) is 6.61 Å². The molecular formula is C6H9NO3. The predicted molar refractivity (Wildman–Crippen MR) is 32.7 cm³/mol. The number of nitrogens with one attached hydrogen (secondary N) is 1. The first-order valence-electron chi connectivity index (χ1n) is 3.34. The van der Waals surface area contributed by atoms with E-state index in [0.29, 0.717) is 19.6 Å². The number of carboxylic acid groups (broad SMARTS) is 1. The molecule has 0 saturated carbocycles. The van der Waals surface area contributed by atoms with Crippen LogP contribution in [0.25, 0.3) is 0 Å². The Balaban J connectivity index is 2.23. The molecule has 2 saturated heterocycles. The standard InChI is InChI=1S/C6H9NO3/c8-5(9)6-1-4(2-10-6)7-3-6/h4,7H,1-3H2,(H,8,9)/t4-,6-/m1/s1. The molecule has 0 aromatic rings. The first kappa shape index (κ1) is 6.12. The van der Waals surface area contributed by atoms with Crippen molar-refractivity contribution in [1.82, 2.24) is 5.32 Å². The highest BCUT2D eigenvalue weighted by Crippen LogP contribution is 2.31. The van der Waals surface area contributed by atoms with E-state index in [9.17, 15) is 4.79 Å². The summed E-state index contributed by atoms with van der Waals surface area (Å²) in [6.45, 7) is 1.01. The van der Waals surface area contributed by atoms with E-state index in [1.165, 1.54) is 0 Å². The molecule has 2 atom stereocenters. The van der Waals surface area contributed by atoms with E-state index in [1.807, 2.05) is 0 Å². The molecule has 4 heteroatoms. The Bertz CT molecular complexity index is 172. The van der Waals surface area contributed by atoms with Crippen LogP contribution in [-0.2, 0) is 9.53 Å². The molecule has 2 fully saturated rings. The van der Waals surface area contributed by atoms with Crippen LogP contribution in [0.15, 0.2) is 0 Å². The van der Waals surface area contributed by atoms with Crippen molar-refractivity contribution in [3.63, 3.8) is 0 Å². The van der Waals surface area contributed by atoms with E-state index < -0.39 is 11.6 Å². The molecule has 56 valence electrons. The molecule has 0 radical (unpaired) electrons. The molecule has 0 amide bonds. The van der Waals surface area contributed by atoms with Crippen molar-refractivity contribution in [1.29, 1.82) is 0 Å². The van der Waals surface area contributed by atoms with E-state index in [1.54, 1.807) is 0 Å². The lowest BCUT2D eigenvalue weighted by molar-refractivity contribution is -0.159. The van der Waals surface area contributed by atoms with Crippen LogP contribution in [0, 0.1) is 0 Å². The van der Waals surface area contributed by atoms with E-state index in [0.717, 1.165) is 0 Å². The molecule has 0 aliphatic carbocycles. The summed E-state index contributed by atoms with van der Waals surface area (Å²) < 4.78 is 5.14. The van der Waals surface area contributed by atoms with Crippen LogP contribution in [0.2, 0.25) is 0 Å². The van der Waals surface area contributed by atoms with Gasteiger partial charge in [-0.2, -0.15) is 0 Å². The number of fused-ring (bicyclic) bond motifs is 2. The number of aliphatic carboxylic acids is 1. The summed E-state index contributed by atoms with van der Waals surface area (Å²) in [6, 6.07) is 0.274. The number of morpholine rings is 1. The van der Waals surface area contributed by atoms with Gasteiger partial charge in [0.2, 0.25) is 0 Å². The first-order valence-corrected chi connectivity index (χ1v) is 3.34. The van der Waals surface area contributed by atoms with E-state index in [4.69, 9.17) is 9.84 Å². The Morgan fingerprint density at radius 2 is 2.60 bits per heavy atom. The van der Waals surface area contributed by atoms with Crippen LogP contribution in [-0.4, -0.2) is 35.9 Å². The van der Waals surface area contributed by atoms with E-state index >= 15 is 0 Å². The average molecular weight is 143 g/mol. The van der Waals surface area contributed by atoms with Gasteiger partial charge in [0.25, 0.3) is 0 Å². The zero-order valence-corrected chi connectivity index (χ0v) is 5.46. The summed E-state index contributed by atoms with van der Waals surface area (Å²) >= 11 is 0. The quantitative estimate of drug-likeness (QED) is 0.504. The zero-order valence-electron chi connectivity index (χ0n) is 5.46. The van der Waals surface area contributed by atoms with Crippen LogP contribution in [0.4, 0.5) is 0 Å². The molecule has 4 nitrogen and oxygen atoms in total. The van der Waals surface area contributed by atoms with Crippen molar-refractivity contribution in [2.45, 2.75) is 18.1 Å². The van der Waals surface area contributed by atoms with Crippen molar-refractivity contribution in [3.05, 3.63) is 0 Å². The maximum atomic E-state index is 10.6. The minimum Gasteiger partial charge on any atom is -0.479 e. The van der Waals surface area contributed by atoms with Crippen LogP contribution >= 0.6 is 0 Å². The summed E-state index contributed by atoms with van der Waals surface area (Å²) in [5.41, 5.74) is -0.884. The molecule has 2 aliphatic heterocycles. The Morgan fingerprint density at radius 3 is 2.80 bits per heavy atom. The van der Waals surface area contributed by atoms with Crippen LogP contribution in [0.5, 0.6) is 0 Å². The van der Waals surface area contributed by atoms with E-state index in [2.05, 4.69) is 5.32 Å². The normalized spacial score (nSPS) is 44.2. The molecule has 2 rings (SSSR count). The fourth-order valence-electron chi connectivity index (χ4n) is 1.56. The minimum absolute atomic E-state index is 0.274. The third-order valence-electron chi connectivity index (χ3n) is 2.20. The van der Waals surface area contributed by atoms with Gasteiger partial charge in [0, 0.05) is 19.0 Å². The minimum atomic E-state index is -0.884. The molecule has 0 aromatic carbocycles. The third-order valence-corrected chi connectivity index (χ3v) is 2.20. The predicted octanol–water partition coefficient (Wildman–Crippen LogP) is -0.798. The summed E-state index contributed by atoms with van der Waals surface area (Å²) in [5, 5.41) is 11.8. The molecular weight excluding hydrogens is 134 g/mol.